The summed E-state index contributed by atoms with van der Waals surface area (Å²) in [5, 5.41) is 8.41. The molecule has 0 amide bonds. The van der Waals surface area contributed by atoms with Crippen molar-refractivity contribution in [3.8, 4) is 6.07 Å². The molecule has 0 fully saturated rings. The van der Waals surface area contributed by atoms with Crippen LogP contribution < -0.4 is 4.57 Å². The number of aryl methyl sites for hydroxylation is 2. The number of nitriles is 1. The molecule has 1 rings (SSSR count). The molecule has 1 aromatic rings. The second-order valence-electron chi connectivity index (χ2n) is 2.27. The van der Waals surface area contributed by atoms with Crippen LogP contribution in [0.4, 0.5) is 0 Å². The minimum Gasteiger partial charge on any atom is -0.236 e. The van der Waals surface area contributed by atoms with Crippen molar-refractivity contribution in [3.05, 3.63) is 18.2 Å². The maximum absolute atomic E-state index is 8.41. The minimum atomic E-state index is 0.472. The summed E-state index contributed by atoms with van der Waals surface area (Å²) in [7, 11) is 3.87. The van der Waals surface area contributed by atoms with Crippen LogP contribution >= 0.6 is 0 Å². The van der Waals surface area contributed by atoms with Crippen molar-refractivity contribution in [2.75, 3.05) is 0 Å². The molecule has 0 saturated heterocycles. The molecule has 52 valence electrons. The normalized spacial score (nSPS) is 9.30. The zero-order valence-electron chi connectivity index (χ0n) is 6.20. The van der Waals surface area contributed by atoms with Gasteiger partial charge in [0, 0.05) is 0 Å². The van der Waals surface area contributed by atoms with E-state index < -0.39 is 0 Å². The third kappa shape index (κ3) is 1.01. The molecule has 3 nitrogen and oxygen atoms in total. The maximum atomic E-state index is 8.41. The summed E-state index contributed by atoms with van der Waals surface area (Å²) in [6.07, 6.45) is 4.35. The van der Waals surface area contributed by atoms with Gasteiger partial charge in [-0.1, -0.05) is 0 Å². The fourth-order valence-corrected chi connectivity index (χ4v) is 0.941. The van der Waals surface area contributed by atoms with Gasteiger partial charge >= 0.3 is 0 Å². The molecule has 0 aliphatic rings. The third-order valence-corrected chi connectivity index (χ3v) is 1.57. The summed E-state index contributed by atoms with van der Waals surface area (Å²) in [5.74, 6) is 1.03. The molecule has 1 aromatic heterocycles. The van der Waals surface area contributed by atoms with Gasteiger partial charge in [0.25, 0.3) is 5.82 Å². The molecule has 0 saturated carbocycles. The molecule has 3 heteroatoms. The SMILES string of the molecule is Cn1cc[n+](C)c1CC#N. The maximum Gasteiger partial charge on any atom is 0.270 e. The van der Waals surface area contributed by atoms with Crippen molar-refractivity contribution < 1.29 is 4.57 Å². The van der Waals surface area contributed by atoms with E-state index in [9.17, 15) is 0 Å². The Morgan fingerprint density at radius 3 is 2.90 bits per heavy atom. The average Bonchev–Trinajstić information content (AvgIpc) is 2.20. The third-order valence-electron chi connectivity index (χ3n) is 1.57. The molecule has 0 N–H and O–H groups in total. The quantitative estimate of drug-likeness (QED) is 0.497. The van der Waals surface area contributed by atoms with Crippen LogP contribution in [0.5, 0.6) is 0 Å². The molecule has 0 aromatic carbocycles. The van der Waals surface area contributed by atoms with E-state index >= 15 is 0 Å². The van der Waals surface area contributed by atoms with E-state index in [1.807, 2.05) is 35.6 Å². The van der Waals surface area contributed by atoms with Gasteiger partial charge in [-0.25, -0.2) is 9.13 Å². The summed E-state index contributed by atoms with van der Waals surface area (Å²) in [6.45, 7) is 0. The average molecular weight is 136 g/mol. The molecule has 1 heterocycles. The van der Waals surface area contributed by atoms with Gasteiger partial charge in [-0.15, -0.1) is 0 Å². The first kappa shape index (κ1) is 6.81. The van der Waals surface area contributed by atoms with Crippen molar-refractivity contribution in [2.24, 2.45) is 14.1 Å². The van der Waals surface area contributed by atoms with Crippen LogP contribution in [0.15, 0.2) is 12.4 Å². The summed E-state index contributed by atoms with van der Waals surface area (Å²) >= 11 is 0. The highest BCUT2D eigenvalue weighted by Crippen LogP contribution is 1.90. The van der Waals surface area contributed by atoms with Crippen LogP contribution in [0.1, 0.15) is 5.82 Å². The van der Waals surface area contributed by atoms with Gasteiger partial charge in [0.15, 0.2) is 0 Å². The van der Waals surface area contributed by atoms with E-state index in [-0.39, 0.29) is 0 Å². The van der Waals surface area contributed by atoms with Gasteiger partial charge < -0.3 is 0 Å². The number of hydrogen-bond donors (Lipinski definition) is 0. The first-order valence-electron chi connectivity index (χ1n) is 3.12. The van der Waals surface area contributed by atoms with Crippen LogP contribution in [0.2, 0.25) is 0 Å². The Kier molecular flexibility index (Phi) is 1.72. The summed E-state index contributed by atoms with van der Waals surface area (Å²) in [4.78, 5) is 0. The smallest absolute Gasteiger partial charge is 0.236 e. The highest BCUT2D eigenvalue weighted by molar-refractivity contribution is 4.91. The summed E-state index contributed by atoms with van der Waals surface area (Å²) in [6, 6.07) is 2.11. The molecule has 10 heavy (non-hydrogen) atoms. The van der Waals surface area contributed by atoms with Crippen LogP contribution in [0.3, 0.4) is 0 Å². The molecular formula is C7H10N3+. The lowest BCUT2D eigenvalue weighted by molar-refractivity contribution is -0.678. The van der Waals surface area contributed by atoms with Crippen LogP contribution in [0, 0.1) is 11.3 Å². The van der Waals surface area contributed by atoms with Crippen molar-refractivity contribution >= 4 is 0 Å². The summed E-state index contributed by atoms with van der Waals surface area (Å²) < 4.78 is 3.90. The number of aromatic nitrogens is 2. The monoisotopic (exact) mass is 136 g/mol. The Balaban J connectivity index is 3.01. The zero-order valence-corrected chi connectivity index (χ0v) is 6.20. The number of hydrogen-bond acceptors (Lipinski definition) is 1. The largest absolute Gasteiger partial charge is 0.270 e. The Labute approximate surface area is 60.1 Å². The molecule has 0 aliphatic heterocycles. The molecule has 0 unspecified atom stereocenters. The first-order valence-corrected chi connectivity index (χ1v) is 3.12. The zero-order chi connectivity index (χ0) is 7.56. The summed E-state index contributed by atoms with van der Waals surface area (Å²) in [5.41, 5.74) is 0. The van der Waals surface area contributed by atoms with E-state index in [4.69, 9.17) is 5.26 Å². The Morgan fingerprint density at radius 2 is 2.50 bits per heavy atom. The molecule has 0 atom stereocenters. The second kappa shape index (κ2) is 2.53. The number of imidazole rings is 1. The molecule has 0 radical (unpaired) electrons. The predicted molar refractivity (Wildman–Crippen MR) is 35.9 cm³/mol. The van der Waals surface area contributed by atoms with Crippen molar-refractivity contribution in [2.45, 2.75) is 6.42 Å². The Bertz CT molecular complexity index is 247. The van der Waals surface area contributed by atoms with Crippen molar-refractivity contribution in [1.29, 1.82) is 5.26 Å². The van der Waals surface area contributed by atoms with Crippen molar-refractivity contribution in [3.63, 3.8) is 0 Å². The van der Waals surface area contributed by atoms with Gasteiger partial charge in [0.1, 0.15) is 18.8 Å². The molecule has 0 aliphatic carbocycles. The van der Waals surface area contributed by atoms with Gasteiger partial charge in [0.2, 0.25) is 0 Å². The van der Waals surface area contributed by atoms with Crippen LogP contribution in [0.25, 0.3) is 0 Å². The Hall–Kier alpha value is -1.30. The number of rotatable bonds is 1. The first-order chi connectivity index (χ1) is 4.75. The fourth-order valence-electron chi connectivity index (χ4n) is 0.941. The predicted octanol–water partition coefficient (Wildman–Crippen LogP) is -0.0843. The molecule has 0 spiro atoms. The number of nitrogens with zero attached hydrogens (tertiary/aromatic N) is 3. The van der Waals surface area contributed by atoms with E-state index in [1.165, 1.54) is 0 Å². The fraction of sp³-hybridized carbons (Fsp3) is 0.429. The highest BCUT2D eigenvalue weighted by Gasteiger charge is 2.08. The van der Waals surface area contributed by atoms with Crippen LogP contribution in [-0.4, -0.2) is 4.57 Å². The van der Waals surface area contributed by atoms with E-state index in [0.717, 1.165) is 5.82 Å². The second-order valence-corrected chi connectivity index (χ2v) is 2.27. The minimum absolute atomic E-state index is 0.472. The van der Waals surface area contributed by atoms with Gasteiger partial charge in [-0.3, -0.25) is 0 Å². The van der Waals surface area contributed by atoms with E-state index in [2.05, 4.69) is 6.07 Å². The van der Waals surface area contributed by atoms with Crippen molar-refractivity contribution in [1.82, 2.24) is 4.57 Å². The van der Waals surface area contributed by atoms with E-state index in [1.54, 1.807) is 0 Å². The lowest BCUT2D eigenvalue weighted by Gasteiger charge is -1.89. The van der Waals surface area contributed by atoms with E-state index in [0.29, 0.717) is 6.42 Å². The lowest BCUT2D eigenvalue weighted by atomic mass is 10.4. The van der Waals surface area contributed by atoms with Crippen LogP contribution in [-0.2, 0) is 20.5 Å². The van der Waals surface area contributed by atoms with Gasteiger partial charge in [-0.05, 0) is 0 Å². The standard InChI is InChI=1S/C7H10N3/c1-9-5-6-10(2)7(9)3-4-8/h5-6H,3H2,1-2H3/q+1. The van der Waals surface area contributed by atoms with Gasteiger partial charge in [0.05, 0.1) is 20.2 Å². The topological polar surface area (TPSA) is 32.6 Å². The Morgan fingerprint density at radius 1 is 1.80 bits per heavy atom. The molecule has 0 bridgehead atoms. The lowest BCUT2D eigenvalue weighted by Crippen LogP contribution is -2.31. The molecular weight excluding hydrogens is 126 g/mol. The highest BCUT2D eigenvalue weighted by atomic mass is 15.1. The van der Waals surface area contributed by atoms with Gasteiger partial charge in [-0.2, -0.15) is 5.26 Å².